The van der Waals surface area contributed by atoms with Gasteiger partial charge in [-0.15, -0.1) is 0 Å². The normalized spacial score (nSPS) is 25.1. The quantitative estimate of drug-likeness (QED) is 0.931. The standard InChI is InChI=1S/C12H16BrNO2S/c1-14-10-4-7-12(8-10)17(15,16)11-5-2-9(13)3-6-11/h2-3,5-6,10,12,14H,4,7-8H2,1H3. The van der Waals surface area contributed by atoms with Crippen molar-refractivity contribution in [1.82, 2.24) is 5.32 Å². The van der Waals surface area contributed by atoms with Crippen LogP contribution in [0.5, 0.6) is 0 Å². The van der Waals surface area contributed by atoms with Gasteiger partial charge in [0.2, 0.25) is 0 Å². The zero-order valence-electron chi connectivity index (χ0n) is 9.69. The molecule has 3 nitrogen and oxygen atoms in total. The summed E-state index contributed by atoms with van der Waals surface area (Å²) in [6, 6.07) is 7.23. The van der Waals surface area contributed by atoms with Gasteiger partial charge in [0.15, 0.2) is 9.84 Å². The Labute approximate surface area is 111 Å². The molecule has 5 heteroatoms. The summed E-state index contributed by atoms with van der Waals surface area (Å²) in [7, 11) is -1.27. The van der Waals surface area contributed by atoms with Crippen LogP contribution in [0, 0.1) is 0 Å². The van der Waals surface area contributed by atoms with Crippen LogP contribution < -0.4 is 5.32 Å². The molecular formula is C12H16BrNO2S. The van der Waals surface area contributed by atoms with Crippen LogP contribution in [0.1, 0.15) is 19.3 Å². The largest absolute Gasteiger partial charge is 0.317 e. The molecule has 0 radical (unpaired) electrons. The van der Waals surface area contributed by atoms with Gasteiger partial charge in [-0.25, -0.2) is 8.42 Å². The van der Waals surface area contributed by atoms with E-state index in [0.29, 0.717) is 10.9 Å². The fraction of sp³-hybridized carbons (Fsp3) is 0.500. The number of rotatable bonds is 3. The molecule has 1 fully saturated rings. The number of hydrogen-bond donors (Lipinski definition) is 1. The molecule has 0 aliphatic heterocycles. The molecule has 1 N–H and O–H groups in total. The highest BCUT2D eigenvalue weighted by molar-refractivity contribution is 9.10. The molecule has 2 atom stereocenters. The van der Waals surface area contributed by atoms with E-state index in [1.165, 1.54) is 0 Å². The van der Waals surface area contributed by atoms with Crippen LogP contribution in [-0.4, -0.2) is 26.8 Å². The molecule has 0 aromatic heterocycles. The summed E-state index contributed by atoms with van der Waals surface area (Å²) in [5.74, 6) is 0. The zero-order valence-corrected chi connectivity index (χ0v) is 12.1. The first kappa shape index (κ1) is 13.1. The van der Waals surface area contributed by atoms with Gasteiger partial charge in [-0.05, 0) is 50.6 Å². The monoisotopic (exact) mass is 317 g/mol. The lowest BCUT2D eigenvalue weighted by Gasteiger charge is -2.12. The fourth-order valence-corrected chi connectivity index (χ4v) is 4.40. The molecule has 94 valence electrons. The summed E-state index contributed by atoms with van der Waals surface area (Å²) in [4.78, 5) is 0.433. The van der Waals surface area contributed by atoms with Gasteiger partial charge in [-0.3, -0.25) is 0 Å². The minimum atomic E-state index is -3.16. The highest BCUT2D eigenvalue weighted by atomic mass is 79.9. The Kier molecular flexibility index (Phi) is 3.90. The van der Waals surface area contributed by atoms with Gasteiger partial charge < -0.3 is 5.32 Å². The van der Waals surface area contributed by atoms with Crippen LogP contribution in [-0.2, 0) is 9.84 Å². The van der Waals surface area contributed by atoms with E-state index in [0.717, 1.165) is 23.7 Å². The summed E-state index contributed by atoms with van der Waals surface area (Å²) in [6.45, 7) is 0. The van der Waals surface area contributed by atoms with E-state index in [1.54, 1.807) is 24.3 Å². The molecule has 2 unspecified atom stereocenters. The first-order valence-corrected chi connectivity index (χ1v) is 8.04. The van der Waals surface area contributed by atoms with Gasteiger partial charge in [0.05, 0.1) is 10.1 Å². The highest BCUT2D eigenvalue weighted by Crippen LogP contribution is 2.30. The molecule has 1 aliphatic carbocycles. The summed E-state index contributed by atoms with van der Waals surface area (Å²) in [6.07, 6.45) is 2.41. The first-order chi connectivity index (χ1) is 8.04. The molecule has 1 aromatic carbocycles. The molecule has 1 aliphatic rings. The second kappa shape index (κ2) is 5.08. The highest BCUT2D eigenvalue weighted by Gasteiger charge is 2.34. The van der Waals surface area contributed by atoms with Crippen molar-refractivity contribution >= 4 is 25.8 Å². The van der Waals surface area contributed by atoms with Gasteiger partial charge in [-0.1, -0.05) is 15.9 Å². The van der Waals surface area contributed by atoms with Crippen LogP contribution in [0.2, 0.25) is 0 Å². The Hall–Kier alpha value is -0.390. The third-order valence-electron chi connectivity index (χ3n) is 3.37. The number of benzene rings is 1. The summed E-state index contributed by atoms with van der Waals surface area (Å²) < 4.78 is 25.6. The topological polar surface area (TPSA) is 46.2 Å². The van der Waals surface area contributed by atoms with E-state index in [4.69, 9.17) is 0 Å². The van der Waals surface area contributed by atoms with Gasteiger partial charge in [0.25, 0.3) is 0 Å². The van der Waals surface area contributed by atoms with Crippen LogP contribution in [0.15, 0.2) is 33.6 Å². The minimum absolute atomic E-state index is 0.235. The average molecular weight is 318 g/mol. The third kappa shape index (κ3) is 2.72. The predicted molar refractivity (Wildman–Crippen MR) is 71.8 cm³/mol. The second-order valence-electron chi connectivity index (χ2n) is 4.42. The fourth-order valence-electron chi connectivity index (χ4n) is 2.30. The predicted octanol–water partition coefficient (Wildman–Crippen LogP) is 2.36. The molecule has 0 spiro atoms. The number of sulfone groups is 1. The van der Waals surface area contributed by atoms with E-state index >= 15 is 0 Å². The maximum absolute atomic E-state index is 12.4. The Bertz CT molecular complexity index is 484. The van der Waals surface area contributed by atoms with Gasteiger partial charge in [-0.2, -0.15) is 0 Å². The van der Waals surface area contributed by atoms with Crippen molar-refractivity contribution in [3.8, 4) is 0 Å². The average Bonchev–Trinajstić information content (AvgIpc) is 2.78. The molecule has 17 heavy (non-hydrogen) atoms. The smallest absolute Gasteiger partial charge is 0.181 e. The Balaban J connectivity index is 2.22. The van der Waals surface area contributed by atoms with E-state index < -0.39 is 9.84 Å². The lowest BCUT2D eigenvalue weighted by atomic mass is 10.3. The van der Waals surface area contributed by atoms with Gasteiger partial charge in [0.1, 0.15) is 0 Å². The SMILES string of the molecule is CNC1CCC(S(=O)(=O)c2ccc(Br)cc2)C1. The maximum atomic E-state index is 12.4. The third-order valence-corrected chi connectivity index (χ3v) is 6.14. The molecule has 1 aromatic rings. The maximum Gasteiger partial charge on any atom is 0.181 e. The number of hydrogen-bond acceptors (Lipinski definition) is 3. The summed E-state index contributed by atoms with van der Waals surface area (Å²) >= 11 is 3.31. The van der Waals surface area contributed by atoms with Crippen LogP contribution >= 0.6 is 15.9 Å². The minimum Gasteiger partial charge on any atom is -0.317 e. The van der Waals surface area contributed by atoms with E-state index in [-0.39, 0.29) is 5.25 Å². The first-order valence-electron chi connectivity index (χ1n) is 5.71. The molecule has 0 saturated heterocycles. The molecule has 0 amide bonds. The number of nitrogens with one attached hydrogen (secondary N) is 1. The van der Waals surface area contributed by atoms with Crippen LogP contribution in [0.3, 0.4) is 0 Å². The van der Waals surface area contributed by atoms with Crippen molar-refractivity contribution in [3.63, 3.8) is 0 Å². The number of halogens is 1. The van der Waals surface area contributed by atoms with Gasteiger partial charge in [0, 0.05) is 10.5 Å². The van der Waals surface area contributed by atoms with Crippen molar-refractivity contribution in [2.24, 2.45) is 0 Å². The van der Waals surface area contributed by atoms with Crippen molar-refractivity contribution in [3.05, 3.63) is 28.7 Å². The Morgan fingerprint density at radius 3 is 2.41 bits per heavy atom. The van der Waals surface area contributed by atoms with Crippen LogP contribution in [0.25, 0.3) is 0 Å². The lowest BCUT2D eigenvalue weighted by Crippen LogP contribution is -2.25. The molecule has 0 bridgehead atoms. The van der Waals surface area contributed by atoms with E-state index in [9.17, 15) is 8.42 Å². The van der Waals surface area contributed by atoms with Crippen molar-refractivity contribution < 1.29 is 8.42 Å². The zero-order chi connectivity index (χ0) is 12.5. The van der Waals surface area contributed by atoms with Crippen molar-refractivity contribution in [2.45, 2.75) is 35.4 Å². The summed E-state index contributed by atoms with van der Waals surface area (Å²) in [5.41, 5.74) is 0. The Morgan fingerprint density at radius 1 is 1.24 bits per heavy atom. The summed E-state index contributed by atoms with van der Waals surface area (Å²) in [5, 5.41) is 2.92. The van der Waals surface area contributed by atoms with E-state index in [2.05, 4.69) is 21.2 Å². The van der Waals surface area contributed by atoms with Crippen molar-refractivity contribution in [2.75, 3.05) is 7.05 Å². The van der Waals surface area contributed by atoms with Crippen LogP contribution in [0.4, 0.5) is 0 Å². The second-order valence-corrected chi connectivity index (χ2v) is 7.56. The van der Waals surface area contributed by atoms with E-state index in [1.807, 2.05) is 7.05 Å². The molecular weight excluding hydrogens is 302 g/mol. The lowest BCUT2D eigenvalue weighted by molar-refractivity contribution is 0.564. The molecule has 2 rings (SSSR count). The Morgan fingerprint density at radius 2 is 1.88 bits per heavy atom. The molecule has 0 heterocycles. The van der Waals surface area contributed by atoms with Crippen molar-refractivity contribution in [1.29, 1.82) is 0 Å². The van der Waals surface area contributed by atoms with Gasteiger partial charge >= 0.3 is 0 Å². The molecule has 1 saturated carbocycles.